The highest BCUT2D eigenvalue weighted by atomic mass is 16.5. The van der Waals surface area contributed by atoms with E-state index in [4.69, 9.17) is 9.26 Å². The van der Waals surface area contributed by atoms with E-state index in [1.54, 1.807) is 30.0 Å². The fourth-order valence-corrected chi connectivity index (χ4v) is 4.41. The minimum absolute atomic E-state index is 0.0704. The number of likely N-dealkylation sites (tertiary alicyclic amines) is 1. The maximum Gasteiger partial charge on any atom is 0.254 e. The predicted octanol–water partition coefficient (Wildman–Crippen LogP) is 1.22. The van der Waals surface area contributed by atoms with Crippen LogP contribution in [-0.2, 0) is 9.53 Å². The molecule has 1 aromatic carbocycles. The van der Waals surface area contributed by atoms with Gasteiger partial charge in [0.15, 0.2) is 5.72 Å². The lowest BCUT2D eigenvalue weighted by Gasteiger charge is -2.31. The van der Waals surface area contributed by atoms with E-state index in [9.17, 15) is 9.59 Å². The summed E-state index contributed by atoms with van der Waals surface area (Å²) >= 11 is 0. The Bertz CT molecular complexity index is 910. The summed E-state index contributed by atoms with van der Waals surface area (Å²) in [7, 11) is 0. The molecule has 0 saturated carbocycles. The standard InChI is InChI=1S/C18H18N4O4/c1-11-19-16(20-26-11)12-3-2-4-13(9-12)17(24)21-6-5-18-14(21)10-15(23)22(18)7-8-25-18/h2-4,9,14H,5-8,10H2,1H3/t14-,18+/m1/s1. The van der Waals surface area contributed by atoms with Gasteiger partial charge in [-0.2, -0.15) is 4.98 Å². The van der Waals surface area contributed by atoms with Crippen LogP contribution in [0.15, 0.2) is 28.8 Å². The molecule has 3 saturated heterocycles. The van der Waals surface area contributed by atoms with Gasteiger partial charge in [0.05, 0.1) is 19.1 Å². The molecule has 8 heteroatoms. The van der Waals surface area contributed by atoms with Gasteiger partial charge in [-0.3, -0.25) is 9.59 Å². The smallest absolute Gasteiger partial charge is 0.254 e. The van der Waals surface area contributed by atoms with E-state index in [2.05, 4.69) is 10.1 Å². The topological polar surface area (TPSA) is 88.8 Å². The third-order valence-corrected chi connectivity index (χ3v) is 5.56. The van der Waals surface area contributed by atoms with E-state index in [0.717, 1.165) is 5.56 Å². The Morgan fingerprint density at radius 1 is 1.35 bits per heavy atom. The predicted molar refractivity (Wildman–Crippen MR) is 88.9 cm³/mol. The Kier molecular flexibility index (Phi) is 3.21. The van der Waals surface area contributed by atoms with Gasteiger partial charge >= 0.3 is 0 Å². The van der Waals surface area contributed by atoms with Gasteiger partial charge in [-0.15, -0.1) is 0 Å². The average Bonchev–Trinajstić information content (AvgIpc) is 3.38. The summed E-state index contributed by atoms with van der Waals surface area (Å²) in [6.45, 7) is 3.46. The molecular formula is C18H18N4O4. The maximum absolute atomic E-state index is 13.1. The SMILES string of the molecule is Cc1nc(-c2cccc(C(=O)N3CC[C@@]45OCCN4C(=O)C[C@@H]35)c2)no1. The van der Waals surface area contributed by atoms with Crippen molar-refractivity contribution in [2.45, 2.75) is 31.5 Å². The van der Waals surface area contributed by atoms with Gasteiger partial charge in [-0.05, 0) is 12.1 Å². The Morgan fingerprint density at radius 2 is 2.23 bits per heavy atom. The Balaban J connectivity index is 1.45. The van der Waals surface area contributed by atoms with Crippen LogP contribution < -0.4 is 0 Å². The number of amides is 2. The van der Waals surface area contributed by atoms with Crippen LogP contribution in [-0.4, -0.2) is 63.2 Å². The van der Waals surface area contributed by atoms with Crippen molar-refractivity contribution >= 4 is 11.8 Å². The van der Waals surface area contributed by atoms with Crippen molar-refractivity contribution < 1.29 is 18.8 Å². The first kappa shape index (κ1) is 15.5. The molecule has 26 heavy (non-hydrogen) atoms. The van der Waals surface area contributed by atoms with Gasteiger partial charge in [-0.1, -0.05) is 17.3 Å². The summed E-state index contributed by atoms with van der Waals surface area (Å²) in [5, 5.41) is 3.91. The summed E-state index contributed by atoms with van der Waals surface area (Å²) in [5.74, 6) is 0.901. The molecule has 3 aliphatic heterocycles. The number of hydrogen-bond donors (Lipinski definition) is 0. The van der Waals surface area contributed by atoms with Crippen molar-refractivity contribution in [3.63, 3.8) is 0 Å². The largest absolute Gasteiger partial charge is 0.351 e. The highest BCUT2D eigenvalue weighted by Gasteiger charge is 2.62. The molecule has 1 spiro atoms. The number of benzene rings is 1. The van der Waals surface area contributed by atoms with Gasteiger partial charge < -0.3 is 19.1 Å². The second-order valence-electron chi connectivity index (χ2n) is 6.92. The Morgan fingerprint density at radius 3 is 3.04 bits per heavy atom. The number of aromatic nitrogens is 2. The highest BCUT2D eigenvalue weighted by Crippen LogP contribution is 2.45. The molecule has 0 N–H and O–H groups in total. The van der Waals surface area contributed by atoms with Crippen molar-refractivity contribution in [2.24, 2.45) is 0 Å². The summed E-state index contributed by atoms with van der Waals surface area (Å²) in [6, 6.07) is 6.96. The van der Waals surface area contributed by atoms with Gasteiger partial charge in [-0.25, -0.2) is 0 Å². The number of ether oxygens (including phenoxy) is 1. The Labute approximate surface area is 149 Å². The van der Waals surface area contributed by atoms with Crippen LogP contribution in [0.4, 0.5) is 0 Å². The zero-order chi connectivity index (χ0) is 17.9. The average molecular weight is 354 g/mol. The van der Waals surface area contributed by atoms with Crippen LogP contribution in [0.25, 0.3) is 11.4 Å². The first-order valence-corrected chi connectivity index (χ1v) is 8.75. The zero-order valence-corrected chi connectivity index (χ0v) is 14.3. The molecule has 2 aromatic rings. The molecule has 0 radical (unpaired) electrons. The maximum atomic E-state index is 13.1. The summed E-state index contributed by atoms with van der Waals surface area (Å²) in [6.07, 6.45) is 0.994. The fourth-order valence-electron chi connectivity index (χ4n) is 4.41. The third kappa shape index (κ3) is 2.05. The Hall–Kier alpha value is -2.74. The number of rotatable bonds is 2. The van der Waals surface area contributed by atoms with Crippen LogP contribution in [0.2, 0.25) is 0 Å². The van der Waals surface area contributed by atoms with Crippen molar-refractivity contribution in [1.29, 1.82) is 0 Å². The van der Waals surface area contributed by atoms with Crippen molar-refractivity contribution in [3.8, 4) is 11.4 Å². The minimum atomic E-state index is -0.616. The molecule has 3 fully saturated rings. The van der Waals surface area contributed by atoms with E-state index in [0.29, 0.717) is 49.8 Å². The van der Waals surface area contributed by atoms with Gasteiger partial charge in [0.2, 0.25) is 17.6 Å². The molecule has 0 bridgehead atoms. The summed E-state index contributed by atoms with van der Waals surface area (Å²) < 4.78 is 11.0. The first-order chi connectivity index (χ1) is 12.6. The normalized spacial score (nSPS) is 27.1. The van der Waals surface area contributed by atoms with E-state index < -0.39 is 5.72 Å². The van der Waals surface area contributed by atoms with Crippen LogP contribution in [0.1, 0.15) is 29.1 Å². The number of nitrogens with zero attached hydrogens (tertiary/aromatic N) is 4. The monoisotopic (exact) mass is 354 g/mol. The summed E-state index contributed by atoms with van der Waals surface area (Å²) in [4.78, 5) is 33.2. The molecule has 134 valence electrons. The minimum Gasteiger partial charge on any atom is -0.351 e. The van der Waals surface area contributed by atoms with Crippen LogP contribution in [0, 0.1) is 6.92 Å². The number of carbonyl (C=O) groups is 2. The van der Waals surface area contributed by atoms with Crippen LogP contribution in [0.5, 0.6) is 0 Å². The molecule has 4 heterocycles. The molecule has 5 rings (SSSR count). The number of carbonyl (C=O) groups excluding carboxylic acids is 2. The molecule has 1 aromatic heterocycles. The first-order valence-electron chi connectivity index (χ1n) is 8.75. The molecule has 0 aliphatic carbocycles. The van der Waals surface area contributed by atoms with Gasteiger partial charge in [0.1, 0.15) is 0 Å². The van der Waals surface area contributed by atoms with Crippen LogP contribution in [0.3, 0.4) is 0 Å². The van der Waals surface area contributed by atoms with Crippen molar-refractivity contribution in [3.05, 3.63) is 35.7 Å². The van der Waals surface area contributed by atoms with Crippen molar-refractivity contribution in [1.82, 2.24) is 19.9 Å². The number of hydrogen-bond acceptors (Lipinski definition) is 6. The molecular weight excluding hydrogens is 336 g/mol. The van der Waals surface area contributed by atoms with Crippen LogP contribution >= 0.6 is 0 Å². The van der Waals surface area contributed by atoms with Gasteiger partial charge in [0.25, 0.3) is 5.91 Å². The second-order valence-corrected chi connectivity index (χ2v) is 6.92. The fraction of sp³-hybridized carbons (Fsp3) is 0.444. The van der Waals surface area contributed by atoms with E-state index in [1.807, 2.05) is 11.0 Å². The third-order valence-electron chi connectivity index (χ3n) is 5.56. The van der Waals surface area contributed by atoms with E-state index in [-0.39, 0.29) is 17.9 Å². The van der Waals surface area contributed by atoms with E-state index >= 15 is 0 Å². The quantitative estimate of drug-likeness (QED) is 0.806. The lowest BCUT2D eigenvalue weighted by molar-refractivity contribution is -0.136. The second kappa shape index (κ2) is 5.38. The van der Waals surface area contributed by atoms with Crippen molar-refractivity contribution in [2.75, 3.05) is 19.7 Å². The number of aryl methyl sites for hydroxylation is 1. The zero-order valence-electron chi connectivity index (χ0n) is 14.3. The lowest BCUT2D eigenvalue weighted by Crippen LogP contribution is -2.48. The molecule has 2 atom stereocenters. The van der Waals surface area contributed by atoms with Gasteiger partial charge in [0, 0.05) is 37.6 Å². The highest BCUT2D eigenvalue weighted by molar-refractivity contribution is 5.96. The molecule has 2 amide bonds. The lowest BCUT2D eigenvalue weighted by atomic mass is 10.0. The van der Waals surface area contributed by atoms with E-state index in [1.165, 1.54) is 0 Å². The summed E-state index contributed by atoms with van der Waals surface area (Å²) in [5.41, 5.74) is 0.656. The molecule has 0 unspecified atom stereocenters. The molecule has 8 nitrogen and oxygen atoms in total. The molecule has 3 aliphatic rings.